The van der Waals surface area contributed by atoms with Gasteiger partial charge in [-0.1, -0.05) is 19.3 Å². The summed E-state index contributed by atoms with van der Waals surface area (Å²) in [6.45, 7) is 0. The lowest BCUT2D eigenvalue weighted by molar-refractivity contribution is -0.153. The molecule has 1 aromatic rings. The highest BCUT2D eigenvalue weighted by Gasteiger charge is 2.41. The molecule has 1 aromatic heterocycles. The van der Waals surface area contributed by atoms with Crippen LogP contribution in [0, 0.1) is 5.41 Å². The Labute approximate surface area is 115 Å². The van der Waals surface area contributed by atoms with Crippen LogP contribution in [0.5, 0.6) is 0 Å². The molecule has 0 spiro atoms. The molecule has 1 aliphatic carbocycles. The quantitative estimate of drug-likeness (QED) is 0.765. The minimum absolute atomic E-state index is 0.0663. The molecule has 0 bridgehead atoms. The van der Waals surface area contributed by atoms with Gasteiger partial charge in [0.05, 0.1) is 5.41 Å². The van der Waals surface area contributed by atoms with Crippen molar-refractivity contribution in [3.05, 3.63) is 22.5 Å². The normalized spacial score (nSPS) is 17.4. The Morgan fingerprint density at radius 1 is 1.30 bits per heavy atom. The fourth-order valence-electron chi connectivity index (χ4n) is 2.60. The van der Waals surface area contributed by atoms with Gasteiger partial charge in [-0.2, -0.15) is 5.10 Å². The molecule has 7 nitrogen and oxygen atoms in total. The van der Waals surface area contributed by atoms with E-state index in [9.17, 15) is 19.5 Å². The van der Waals surface area contributed by atoms with Crippen LogP contribution in [0.25, 0.3) is 0 Å². The van der Waals surface area contributed by atoms with E-state index in [-0.39, 0.29) is 17.8 Å². The summed E-state index contributed by atoms with van der Waals surface area (Å²) >= 11 is 0. The number of carboxylic acid groups (broad SMARTS) is 1. The van der Waals surface area contributed by atoms with E-state index < -0.39 is 17.3 Å². The van der Waals surface area contributed by atoms with E-state index >= 15 is 0 Å². The number of anilines is 1. The maximum Gasteiger partial charge on any atom is 0.310 e. The second kappa shape index (κ2) is 5.85. The number of carboxylic acids is 1. The van der Waals surface area contributed by atoms with E-state index in [1.165, 1.54) is 12.1 Å². The van der Waals surface area contributed by atoms with Gasteiger partial charge in [-0.15, -0.1) is 0 Å². The first-order chi connectivity index (χ1) is 9.52. The van der Waals surface area contributed by atoms with Crippen LogP contribution in [0.1, 0.15) is 38.5 Å². The lowest BCUT2D eigenvalue weighted by Gasteiger charge is -2.32. The second-order valence-electron chi connectivity index (χ2n) is 5.18. The van der Waals surface area contributed by atoms with Crippen LogP contribution in [-0.4, -0.2) is 27.2 Å². The van der Waals surface area contributed by atoms with Crippen molar-refractivity contribution in [3.63, 3.8) is 0 Å². The smallest absolute Gasteiger partial charge is 0.310 e. The number of aromatic nitrogens is 2. The van der Waals surface area contributed by atoms with Gasteiger partial charge in [-0.3, -0.25) is 14.4 Å². The zero-order chi connectivity index (χ0) is 14.6. The lowest BCUT2D eigenvalue weighted by Crippen LogP contribution is -2.37. The monoisotopic (exact) mass is 279 g/mol. The fraction of sp³-hybridized carbons (Fsp3) is 0.538. The largest absolute Gasteiger partial charge is 0.481 e. The summed E-state index contributed by atoms with van der Waals surface area (Å²) in [4.78, 5) is 34.3. The van der Waals surface area contributed by atoms with Crippen LogP contribution in [0.15, 0.2) is 16.9 Å². The summed E-state index contributed by atoms with van der Waals surface area (Å²) in [7, 11) is 0. The number of amides is 1. The van der Waals surface area contributed by atoms with Gasteiger partial charge in [0.15, 0.2) is 5.82 Å². The van der Waals surface area contributed by atoms with Crippen molar-refractivity contribution in [1.82, 2.24) is 10.2 Å². The highest BCUT2D eigenvalue weighted by molar-refractivity contribution is 5.93. The molecule has 0 atom stereocenters. The fourth-order valence-corrected chi connectivity index (χ4v) is 2.60. The molecule has 1 amide bonds. The Morgan fingerprint density at radius 3 is 2.55 bits per heavy atom. The van der Waals surface area contributed by atoms with Crippen LogP contribution in [-0.2, 0) is 9.59 Å². The first kappa shape index (κ1) is 14.2. The number of carbonyl (C=O) groups is 2. The minimum atomic E-state index is -0.968. The van der Waals surface area contributed by atoms with Crippen molar-refractivity contribution < 1.29 is 14.7 Å². The van der Waals surface area contributed by atoms with Crippen molar-refractivity contribution in [2.45, 2.75) is 38.5 Å². The highest BCUT2D eigenvalue weighted by Crippen LogP contribution is 2.39. The van der Waals surface area contributed by atoms with Gasteiger partial charge in [-0.05, 0) is 18.9 Å². The molecule has 3 N–H and O–H groups in total. The first-order valence-electron chi connectivity index (χ1n) is 6.61. The van der Waals surface area contributed by atoms with Gasteiger partial charge in [0.2, 0.25) is 5.91 Å². The molecular formula is C13H17N3O4. The topological polar surface area (TPSA) is 112 Å². The molecule has 0 aliphatic heterocycles. The Balaban J connectivity index is 2.03. The van der Waals surface area contributed by atoms with E-state index in [0.717, 1.165) is 19.3 Å². The number of aromatic amines is 1. The van der Waals surface area contributed by atoms with Crippen molar-refractivity contribution >= 4 is 17.7 Å². The predicted octanol–water partition coefficient (Wildman–Crippen LogP) is 1.13. The minimum Gasteiger partial charge on any atom is -0.481 e. The Kier molecular flexibility index (Phi) is 4.16. The van der Waals surface area contributed by atoms with Gasteiger partial charge < -0.3 is 10.4 Å². The number of aliphatic carboxylic acids is 1. The molecule has 2 rings (SSSR count). The number of hydrogen-bond acceptors (Lipinski definition) is 4. The average Bonchev–Trinajstić information content (AvgIpc) is 2.42. The molecule has 0 radical (unpaired) electrons. The van der Waals surface area contributed by atoms with Crippen LogP contribution in [0.3, 0.4) is 0 Å². The summed E-state index contributed by atoms with van der Waals surface area (Å²) in [6, 6.07) is 2.63. The molecule has 0 unspecified atom stereocenters. The van der Waals surface area contributed by atoms with E-state index in [1.807, 2.05) is 0 Å². The summed E-state index contributed by atoms with van der Waals surface area (Å²) < 4.78 is 0. The number of carbonyl (C=O) groups excluding carboxylic acids is 1. The number of hydrogen-bond donors (Lipinski definition) is 3. The molecule has 0 aromatic carbocycles. The highest BCUT2D eigenvalue weighted by atomic mass is 16.4. The van der Waals surface area contributed by atoms with Crippen molar-refractivity contribution in [2.24, 2.45) is 5.41 Å². The van der Waals surface area contributed by atoms with Crippen LogP contribution in [0.2, 0.25) is 0 Å². The summed E-state index contributed by atoms with van der Waals surface area (Å²) in [5.41, 5.74) is -1.33. The molecule has 0 saturated heterocycles. The second-order valence-corrected chi connectivity index (χ2v) is 5.18. The van der Waals surface area contributed by atoms with E-state index in [4.69, 9.17) is 0 Å². The van der Waals surface area contributed by atoms with Gasteiger partial charge in [0.1, 0.15) is 0 Å². The third-order valence-electron chi connectivity index (χ3n) is 3.71. The molecule has 1 saturated carbocycles. The van der Waals surface area contributed by atoms with E-state index in [0.29, 0.717) is 12.8 Å². The standard InChI is InChI=1S/C13H17N3O4/c17-10-5-4-9(15-16-10)14-11(18)8-13(12(19)20)6-2-1-3-7-13/h4-5H,1-3,6-8H2,(H,16,17)(H,19,20)(H,14,15,18). The van der Waals surface area contributed by atoms with Gasteiger partial charge in [0.25, 0.3) is 5.56 Å². The molecule has 20 heavy (non-hydrogen) atoms. The zero-order valence-corrected chi connectivity index (χ0v) is 11.0. The van der Waals surface area contributed by atoms with Gasteiger partial charge >= 0.3 is 5.97 Å². The summed E-state index contributed by atoms with van der Waals surface area (Å²) in [5.74, 6) is -1.10. The van der Waals surface area contributed by atoms with Gasteiger partial charge in [-0.25, -0.2) is 5.10 Å². The SMILES string of the molecule is O=C(CC1(C(=O)O)CCCCC1)Nc1ccc(=O)[nH]n1. The molecule has 7 heteroatoms. The summed E-state index contributed by atoms with van der Waals surface area (Å²) in [5, 5.41) is 17.8. The summed E-state index contributed by atoms with van der Waals surface area (Å²) in [6.07, 6.45) is 3.65. The lowest BCUT2D eigenvalue weighted by atomic mass is 9.71. The van der Waals surface area contributed by atoms with Crippen molar-refractivity contribution in [1.29, 1.82) is 0 Å². The zero-order valence-electron chi connectivity index (χ0n) is 11.0. The number of H-pyrrole nitrogens is 1. The van der Waals surface area contributed by atoms with E-state index in [1.54, 1.807) is 0 Å². The Morgan fingerprint density at radius 2 is 2.00 bits per heavy atom. The molecule has 1 fully saturated rings. The number of nitrogens with zero attached hydrogens (tertiary/aromatic N) is 1. The van der Waals surface area contributed by atoms with Crippen molar-refractivity contribution in [2.75, 3.05) is 5.32 Å². The average molecular weight is 279 g/mol. The van der Waals surface area contributed by atoms with E-state index in [2.05, 4.69) is 15.5 Å². The number of nitrogens with one attached hydrogen (secondary N) is 2. The van der Waals surface area contributed by atoms with Crippen LogP contribution < -0.4 is 10.9 Å². The van der Waals surface area contributed by atoms with Gasteiger partial charge in [0, 0.05) is 12.5 Å². The predicted molar refractivity (Wildman–Crippen MR) is 71.3 cm³/mol. The van der Waals surface area contributed by atoms with Crippen molar-refractivity contribution in [3.8, 4) is 0 Å². The Bertz CT molecular complexity index is 540. The third-order valence-corrected chi connectivity index (χ3v) is 3.71. The maximum atomic E-state index is 12.0. The molecule has 1 aliphatic rings. The maximum absolute atomic E-state index is 12.0. The first-order valence-corrected chi connectivity index (χ1v) is 6.61. The molecule has 108 valence electrons. The Hall–Kier alpha value is -2.18. The third kappa shape index (κ3) is 3.23. The van der Waals surface area contributed by atoms with Crippen LogP contribution in [0.4, 0.5) is 5.82 Å². The number of rotatable bonds is 4. The molecule has 1 heterocycles. The van der Waals surface area contributed by atoms with Crippen LogP contribution >= 0.6 is 0 Å². The molecular weight excluding hydrogens is 262 g/mol.